The van der Waals surface area contributed by atoms with Gasteiger partial charge in [0.05, 0.1) is 28.8 Å². The van der Waals surface area contributed by atoms with Crippen molar-refractivity contribution in [2.24, 2.45) is 0 Å². The van der Waals surface area contributed by atoms with Crippen molar-refractivity contribution < 1.29 is 0 Å². The topological polar surface area (TPSA) is 70.8 Å². The van der Waals surface area contributed by atoms with E-state index in [1.54, 1.807) is 11.3 Å². The third-order valence-corrected chi connectivity index (χ3v) is 4.15. The molecule has 1 aromatic carbocycles. The molecule has 5 nitrogen and oxygen atoms in total. The molecule has 0 aliphatic carbocycles. The van der Waals surface area contributed by atoms with Crippen molar-refractivity contribution in [1.29, 1.82) is 0 Å². The summed E-state index contributed by atoms with van der Waals surface area (Å²) in [4.78, 5) is 15.7. The number of fused-ring (bicyclic) bond motifs is 1. The number of nitrogen functional groups attached to an aromatic ring is 1. The molecule has 0 unspecified atom stereocenters. The molecular weight excluding hydrogens is 270 g/mol. The Morgan fingerprint density at radius 3 is 2.95 bits per heavy atom. The van der Waals surface area contributed by atoms with E-state index in [2.05, 4.69) is 26.9 Å². The van der Waals surface area contributed by atoms with Crippen molar-refractivity contribution >= 4 is 28.1 Å². The second kappa shape index (κ2) is 5.22. The Morgan fingerprint density at radius 1 is 1.35 bits per heavy atom. The van der Waals surface area contributed by atoms with Crippen LogP contribution in [-0.2, 0) is 13.1 Å². The minimum Gasteiger partial charge on any atom is -0.399 e. The monoisotopic (exact) mass is 287 g/mol. The van der Waals surface area contributed by atoms with Crippen molar-refractivity contribution in [2.45, 2.75) is 20.0 Å². The van der Waals surface area contributed by atoms with Crippen LogP contribution in [0.4, 0.5) is 5.69 Å². The Bertz CT molecular complexity index is 730. The molecule has 0 fully saturated rings. The third kappa shape index (κ3) is 2.66. The number of imidazole rings is 1. The number of aromatic nitrogens is 3. The van der Waals surface area contributed by atoms with Crippen molar-refractivity contribution in [1.82, 2.24) is 19.9 Å². The molecule has 0 radical (unpaired) electrons. The maximum absolute atomic E-state index is 5.78. The standard InChI is InChI=1S/C14H17N5S/c1-9-13(20-8-16-9)6-19(2)7-14-17-11-4-3-10(15)5-12(11)18-14/h3-5,8H,6-7,15H2,1-2H3,(H,17,18). The van der Waals surface area contributed by atoms with E-state index in [4.69, 9.17) is 5.73 Å². The van der Waals surface area contributed by atoms with Crippen molar-refractivity contribution in [3.63, 3.8) is 0 Å². The predicted molar refractivity (Wildman–Crippen MR) is 82.5 cm³/mol. The molecule has 6 heteroatoms. The summed E-state index contributed by atoms with van der Waals surface area (Å²) in [5.41, 5.74) is 11.5. The molecule has 20 heavy (non-hydrogen) atoms. The number of nitrogens with one attached hydrogen (secondary N) is 1. The van der Waals surface area contributed by atoms with Crippen LogP contribution >= 0.6 is 11.3 Å². The van der Waals surface area contributed by atoms with Crippen LogP contribution in [-0.4, -0.2) is 26.9 Å². The number of anilines is 1. The summed E-state index contributed by atoms with van der Waals surface area (Å²) < 4.78 is 0. The number of rotatable bonds is 4. The first-order chi connectivity index (χ1) is 9.61. The van der Waals surface area contributed by atoms with Crippen molar-refractivity contribution in [3.8, 4) is 0 Å². The minimum atomic E-state index is 0.751. The molecule has 104 valence electrons. The molecule has 3 rings (SSSR count). The van der Waals surface area contributed by atoms with Gasteiger partial charge in [-0.1, -0.05) is 0 Å². The molecule has 3 aromatic rings. The number of aryl methyl sites for hydroxylation is 1. The zero-order chi connectivity index (χ0) is 14.1. The van der Waals surface area contributed by atoms with E-state index in [-0.39, 0.29) is 0 Å². The first kappa shape index (κ1) is 13.1. The lowest BCUT2D eigenvalue weighted by Crippen LogP contribution is -2.17. The number of benzene rings is 1. The van der Waals surface area contributed by atoms with Crippen LogP contribution in [0.5, 0.6) is 0 Å². The Balaban J connectivity index is 1.74. The lowest BCUT2D eigenvalue weighted by atomic mass is 10.3. The van der Waals surface area contributed by atoms with Gasteiger partial charge in [0, 0.05) is 17.1 Å². The third-order valence-electron chi connectivity index (χ3n) is 3.23. The lowest BCUT2D eigenvalue weighted by molar-refractivity contribution is 0.314. The van der Waals surface area contributed by atoms with Crippen LogP contribution in [0.25, 0.3) is 11.0 Å². The molecule has 3 N–H and O–H groups in total. The normalized spacial score (nSPS) is 11.6. The Kier molecular flexibility index (Phi) is 3.42. The van der Waals surface area contributed by atoms with Crippen LogP contribution in [0.1, 0.15) is 16.4 Å². The molecular formula is C14H17N5S. The summed E-state index contributed by atoms with van der Waals surface area (Å²) in [5, 5.41) is 0. The molecule has 0 spiro atoms. The highest BCUT2D eigenvalue weighted by atomic mass is 32.1. The highest BCUT2D eigenvalue weighted by Crippen LogP contribution is 2.18. The fourth-order valence-corrected chi connectivity index (χ4v) is 3.05. The Morgan fingerprint density at radius 2 is 2.20 bits per heavy atom. The van der Waals surface area contributed by atoms with Gasteiger partial charge in [-0.3, -0.25) is 4.90 Å². The number of H-pyrrole nitrogens is 1. The summed E-state index contributed by atoms with van der Waals surface area (Å²) in [5.74, 6) is 0.954. The summed E-state index contributed by atoms with van der Waals surface area (Å²) in [7, 11) is 2.08. The van der Waals surface area contributed by atoms with Crippen molar-refractivity contribution in [3.05, 3.63) is 40.1 Å². The number of nitrogens with two attached hydrogens (primary N) is 1. The van der Waals surface area contributed by atoms with Crippen LogP contribution < -0.4 is 5.73 Å². The van der Waals surface area contributed by atoms with Crippen LogP contribution in [0.15, 0.2) is 23.7 Å². The van der Waals surface area contributed by atoms with E-state index in [1.807, 2.05) is 30.6 Å². The Hall–Kier alpha value is -1.92. The maximum atomic E-state index is 5.78. The fourth-order valence-electron chi connectivity index (χ4n) is 2.19. The molecule has 0 aliphatic heterocycles. The van der Waals surface area contributed by atoms with Crippen molar-refractivity contribution in [2.75, 3.05) is 12.8 Å². The second-order valence-corrected chi connectivity index (χ2v) is 5.93. The summed E-state index contributed by atoms with van der Waals surface area (Å²) in [6, 6.07) is 5.73. The summed E-state index contributed by atoms with van der Waals surface area (Å²) in [6.45, 7) is 3.70. The minimum absolute atomic E-state index is 0.751. The number of nitrogens with zero attached hydrogens (tertiary/aromatic N) is 3. The predicted octanol–water partition coefficient (Wildman–Crippen LogP) is 2.54. The van der Waals surface area contributed by atoms with E-state index in [0.29, 0.717) is 0 Å². The van der Waals surface area contributed by atoms with Gasteiger partial charge in [-0.05, 0) is 32.2 Å². The van der Waals surface area contributed by atoms with E-state index in [0.717, 1.165) is 41.3 Å². The van der Waals surface area contributed by atoms with Crippen LogP contribution in [0, 0.1) is 6.92 Å². The van der Waals surface area contributed by atoms with E-state index < -0.39 is 0 Å². The summed E-state index contributed by atoms with van der Waals surface area (Å²) >= 11 is 1.70. The average Bonchev–Trinajstić information content (AvgIpc) is 2.95. The van der Waals surface area contributed by atoms with Crippen LogP contribution in [0.2, 0.25) is 0 Å². The van der Waals surface area contributed by atoms with Gasteiger partial charge < -0.3 is 10.7 Å². The van der Waals surface area contributed by atoms with E-state index >= 15 is 0 Å². The van der Waals surface area contributed by atoms with E-state index in [9.17, 15) is 0 Å². The van der Waals surface area contributed by atoms with Gasteiger partial charge >= 0.3 is 0 Å². The number of hydrogen-bond acceptors (Lipinski definition) is 5. The maximum Gasteiger partial charge on any atom is 0.121 e. The molecule has 2 heterocycles. The van der Waals surface area contributed by atoms with Gasteiger partial charge in [0.15, 0.2) is 0 Å². The van der Waals surface area contributed by atoms with E-state index in [1.165, 1.54) is 4.88 Å². The SMILES string of the molecule is Cc1ncsc1CN(C)Cc1nc2ccc(N)cc2[nH]1. The largest absolute Gasteiger partial charge is 0.399 e. The van der Waals surface area contributed by atoms with Gasteiger partial charge in [0.1, 0.15) is 5.82 Å². The van der Waals surface area contributed by atoms with Crippen LogP contribution in [0.3, 0.4) is 0 Å². The zero-order valence-corrected chi connectivity index (χ0v) is 12.4. The Labute approximate surface area is 121 Å². The highest BCUT2D eigenvalue weighted by Gasteiger charge is 2.09. The first-order valence-electron chi connectivity index (χ1n) is 6.43. The molecule has 0 saturated carbocycles. The number of thiazole rings is 1. The fraction of sp³-hybridized carbons (Fsp3) is 0.286. The molecule has 2 aromatic heterocycles. The number of aromatic amines is 1. The molecule has 0 aliphatic rings. The van der Waals surface area contributed by atoms with Gasteiger partial charge in [0.25, 0.3) is 0 Å². The smallest absolute Gasteiger partial charge is 0.121 e. The van der Waals surface area contributed by atoms with Gasteiger partial charge in [-0.2, -0.15) is 0 Å². The molecule has 0 saturated heterocycles. The highest BCUT2D eigenvalue weighted by molar-refractivity contribution is 7.09. The number of hydrogen-bond donors (Lipinski definition) is 2. The quantitative estimate of drug-likeness (QED) is 0.723. The lowest BCUT2D eigenvalue weighted by Gasteiger charge is -2.13. The van der Waals surface area contributed by atoms with Gasteiger partial charge in [-0.15, -0.1) is 11.3 Å². The molecule has 0 atom stereocenters. The average molecular weight is 287 g/mol. The molecule has 0 amide bonds. The van der Waals surface area contributed by atoms with Gasteiger partial charge in [-0.25, -0.2) is 9.97 Å². The zero-order valence-electron chi connectivity index (χ0n) is 11.6. The second-order valence-electron chi connectivity index (χ2n) is 4.99. The molecule has 0 bridgehead atoms. The van der Waals surface area contributed by atoms with Gasteiger partial charge in [0.2, 0.25) is 0 Å². The summed E-state index contributed by atoms with van der Waals surface area (Å²) in [6.07, 6.45) is 0. The first-order valence-corrected chi connectivity index (χ1v) is 7.31.